The van der Waals surface area contributed by atoms with Crippen molar-refractivity contribution >= 4 is 15.9 Å². The predicted molar refractivity (Wildman–Crippen MR) is 56.0 cm³/mol. The normalized spacial score (nSPS) is 10.4. The molecule has 0 unspecified atom stereocenters. The third-order valence-electron chi connectivity index (χ3n) is 1.86. The van der Waals surface area contributed by atoms with Crippen molar-refractivity contribution in [3.8, 4) is 17.0 Å². The smallest absolute Gasteiger partial charge is 0.191 e. The maximum absolute atomic E-state index is 9.46. The van der Waals surface area contributed by atoms with E-state index in [1.807, 2.05) is 6.07 Å². The van der Waals surface area contributed by atoms with Crippen molar-refractivity contribution in [2.24, 2.45) is 0 Å². The van der Waals surface area contributed by atoms with Crippen LogP contribution in [0.4, 0.5) is 0 Å². The minimum atomic E-state index is 0.197. The fraction of sp³-hybridized carbons (Fsp3) is 0.100. The fourth-order valence-corrected chi connectivity index (χ4v) is 1.41. The number of oxazole rings is 1. The molecule has 0 aliphatic carbocycles. The van der Waals surface area contributed by atoms with Gasteiger partial charge in [0, 0.05) is 12.5 Å². The van der Waals surface area contributed by atoms with E-state index in [0.717, 1.165) is 11.3 Å². The van der Waals surface area contributed by atoms with Gasteiger partial charge in [0.2, 0.25) is 0 Å². The van der Waals surface area contributed by atoms with Crippen molar-refractivity contribution in [3.63, 3.8) is 0 Å². The van der Waals surface area contributed by atoms with Gasteiger partial charge in [-0.05, 0) is 28.1 Å². The number of aromatic hydroxyl groups is 1. The zero-order chi connectivity index (χ0) is 10.1. The lowest BCUT2D eigenvalue weighted by Gasteiger charge is -1.99. The molecule has 0 radical (unpaired) electrons. The van der Waals surface area contributed by atoms with Gasteiger partial charge in [-0.1, -0.05) is 6.07 Å². The first-order valence-electron chi connectivity index (χ1n) is 4.08. The molecule has 0 saturated heterocycles. The molecule has 1 N–H and O–H groups in total. The molecule has 2 aromatic rings. The van der Waals surface area contributed by atoms with E-state index in [2.05, 4.69) is 20.9 Å². The lowest BCUT2D eigenvalue weighted by molar-refractivity contribution is 0.472. The Morgan fingerprint density at radius 1 is 1.43 bits per heavy atom. The highest BCUT2D eigenvalue weighted by molar-refractivity contribution is 9.10. The highest BCUT2D eigenvalue weighted by atomic mass is 79.9. The molecule has 1 heterocycles. The third kappa shape index (κ3) is 1.65. The van der Waals surface area contributed by atoms with E-state index in [1.165, 1.54) is 0 Å². The van der Waals surface area contributed by atoms with Gasteiger partial charge in [0.05, 0.1) is 4.47 Å². The van der Waals surface area contributed by atoms with E-state index >= 15 is 0 Å². The highest BCUT2D eigenvalue weighted by Gasteiger charge is 2.05. The second kappa shape index (κ2) is 3.46. The lowest BCUT2D eigenvalue weighted by Crippen LogP contribution is -1.78. The first-order chi connectivity index (χ1) is 6.66. The zero-order valence-corrected chi connectivity index (χ0v) is 9.08. The van der Waals surface area contributed by atoms with Crippen LogP contribution >= 0.6 is 15.9 Å². The number of phenols is 1. The molecule has 1 aromatic carbocycles. The maximum Gasteiger partial charge on any atom is 0.191 e. The molecule has 2 rings (SSSR count). The van der Waals surface area contributed by atoms with Gasteiger partial charge in [0.15, 0.2) is 5.89 Å². The van der Waals surface area contributed by atoms with E-state index in [9.17, 15) is 5.11 Å². The van der Waals surface area contributed by atoms with Crippen LogP contribution in [0.15, 0.2) is 33.4 Å². The quantitative estimate of drug-likeness (QED) is 0.850. The van der Waals surface area contributed by atoms with E-state index in [-0.39, 0.29) is 5.75 Å². The van der Waals surface area contributed by atoms with E-state index in [1.54, 1.807) is 25.3 Å². The summed E-state index contributed by atoms with van der Waals surface area (Å²) in [7, 11) is 0. The monoisotopic (exact) mass is 253 g/mol. The minimum Gasteiger partial charge on any atom is -0.507 e. The SMILES string of the molecule is Cc1nc(-c2ccc(Br)c(O)c2)co1. The first kappa shape index (κ1) is 9.27. The van der Waals surface area contributed by atoms with Crippen molar-refractivity contribution < 1.29 is 9.52 Å². The number of phenolic OH excluding ortho intramolecular Hbond substituents is 1. The van der Waals surface area contributed by atoms with Crippen LogP contribution in [-0.2, 0) is 0 Å². The van der Waals surface area contributed by atoms with Crippen molar-refractivity contribution in [2.75, 3.05) is 0 Å². The Balaban J connectivity index is 2.47. The van der Waals surface area contributed by atoms with Crippen LogP contribution in [0.2, 0.25) is 0 Å². The molecule has 0 atom stereocenters. The molecule has 4 heteroatoms. The van der Waals surface area contributed by atoms with Crippen molar-refractivity contribution in [2.45, 2.75) is 6.92 Å². The Labute approximate surface area is 89.5 Å². The summed E-state index contributed by atoms with van der Waals surface area (Å²) in [6.45, 7) is 1.78. The first-order valence-corrected chi connectivity index (χ1v) is 4.87. The molecule has 0 fully saturated rings. The number of aryl methyl sites for hydroxylation is 1. The van der Waals surface area contributed by atoms with Crippen LogP contribution in [0, 0.1) is 6.92 Å². The van der Waals surface area contributed by atoms with E-state index in [4.69, 9.17) is 4.42 Å². The Hall–Kier alpha value is -1.29. The number of hydrogen-bond acceptors (Lipinski definition) is 3. The zero-order valence-electron chi connectivity index (χ0n) is 7.49. The van der Waals surface area contributed by atoms with Gasteiger partial charge in [-0.3, -0.25) is 0 Å². The van der Waals surface area contributed by atoms with Crippen molar-refractivity contribution in [1.29, 1.82) is 0 Å². The lowest BCUT2D eigenvalue weighted by atomic mass is 10.2. The maximum atomic E-state index is 9.46. The number of benzene rings is 1. The van der Waals surface area contributed by atoms with Crippen LogP contribution in [0.3, 0.4) is 0 Å². The average molecular weight is 254 g/mol. The van der Waals surface area contributed by atoms with Gasteiger partial charge in [0.25, 0.3) is 0 Å². The molecular formula is C10H8BrNO2. The summed E-state index contributed by atoms with van der Waals surface area (Å²) in [5.41, 5.74) is 1.56. The minimum absolute atomic E-state index is 0.197. The number of halogens is 1. The second-order valence-corrected chi connectivity index (χ2v) is 3.77. The molecule has 0 bridgehead atoms. The average Bonchev–Trinajstić information content (AvgIpc) is 2.57. The largest absolute Gasteiger partial charge is 0.507 e. The molecule has 1 aromatic heterocycles. The Bertz CT molecular complexity index is 465. The molecule has 0 aliphatic heterocycles. The topological polar surface area (TPSA) is 46.3 Å². The standard InChI is InChI=1S/C10H8BrNO2/c1-6-12-9(5-14-6)7-2-3-8(11)10(13)4-7/h2-5,13H,1H3. The predicted octanol–water partition coefficient (Wildman–Crippen LogP) is 3.12. The molecule has 0 aliphatic rings. The molecule has 0 saturated carbocycles. The van der Waals surface area contributed by atoms with Gasteiger partial charge in [-0.25, -0.2) is 4.98 Å². The third-order valence-corrected chi connectivity index (χ3v) is 2.53. The fourth-order valence-electron chi connectivity index (χ4n) is 1.17. The van der Waals surface area contributed by atoms with Gasteiger partial charge in [0.1, 0.15) is 17.7 Å². The summed E-state index contributed by atoms with van der Waals surface area (Å²) in [4.78, 5) is 4.16. The molecule has 3 nitrogen and oxygen atoms in total. The summed E-state index contributed by atoms with van der Waals surface area (Å²) in [6, 6.07) is 5.27. The Morgan fingerprint density at radius 2 is 2.21 bits per heavy atom. The van der Waals surface area contributed by atoms with Gasteiger partial charge in [-0.2, -0.15) is 0 Å². The Kier molecular flexibility index (Phi) is 2.29. The van der Waals surface area contributed by atoms with E-state index in [0.29, 0.717) is 10.4 Å². The number of hydrogen-bond donors (Lipinski definition) is 1. The summed E-state index contributed by atoms with van der Waals surface area (Å²) < 4.78 is 5.75. The number of aromatic nitrogens is 1. The van der Waals surface area contributed by atoms with Crippen LogP contribution in [-0.4, -0.2) is 10.1 Å². The van der Waals surface area contributed by atoms with Crippen LogP contribution in [0.1, 0.15) is 5.89 Å². The molecule has 14 heavy (non-hydrogen) atoms. The summed E-state index contributed by atoms with van der Waals surface area (Å²) >= 11 is 3.21. The van der Waals surface area contributed by atoms with E-state index < -0.39 is 0 Å². The molecule has 0 amide bonds. The molecule has 72 valence electrons. The van der Waals surface area contributed by atoms with Crippen molar-refractivity contribution in [1.82, 2.24) is 4.98 Å². The van der Waals surface area contributed by atoms with Gasteiger partial charge in [-0.15, -0.1) is 0 Å². The number of nitrogens with zero attached hydrogens (tertiary/aromatic N) is 1. The molecule has 0 spiro atoms. The molecular weight excluding hydrogens is 246 g/mol. The van der Waals surface area contributed by atoms with Crippen molar-refractivity contribution in [3.05, 3.63) is 34.8 Å². The van der Waals surface area contributed by atoms with Crippen LogP contribution in [0.5, 0.6) is 5.75 Å². The second-order valence-electron chi connectivity index (χ2n) is 2.92. The summed E-state index contributed by atoms with van der Waals surface area (Å²) in [5, 5.41) is 9.46. The van der Waals surface area contributed by atoms with Gasteiger partial charge >= 0.3 is 0 Å². The Morgan fingerprint density at radius 3 is 2.79 bits per heavy atom. The summed E-state index contributed by atoms with van der Waals surface area (Å²) in [6.07, 6.45) is 1.57. The highest BCUT2D eigenvalue weighted by Crippen LogP contribution is 2.29. The van der Waals surface area contributed by atoms with Gasteiger partial charge < -0.3 is 9.52 Å². The summed E-state index contributed by atoms with van der Waals surface area (Å²) in [5.74, 6) is 0.811. The van der Waals surface area contributed by atoms with Crippen LogP contribution < -0.4 is 0 Å². The van der Waals surface area contributed by atoms with Crippen LogP contribution in [0.25, 0.3) is 11.3 Å². The number of rotatable bonds is 1.